The Morgan fingerprint density at radius 2 is 1.78 bits per heavy atom. The van der Waals surface area contributed by atoms with Gasteiger partial charge in [-0.1, -0.05) is 60.2 Å². The summed E-state index contributed by atoms with van der Waals surface area (Å²) in [7, 11) is 0. The van der Waals surface area contributed by atoms with Crippen LogP contribution in [0.15, 0.2) is 60.0 Å². The second kappa shape index (κ2) is 8.60. The van der Waals surface area contributed by atoms with Crippen molar-refractivity contribution in [3.63, 3.8) is 0 Å². The fourth-order valence-electron chi connectivity index (χ4n) is 2.72. The fourth-order valence-corrected chi connectivity index (χ4v) is 3.46. The number of carbonyl (C=O) groups excluding carboxylic acids is 2. The number of rotatable bonds is 6. The number of nitrogens with one attached hydrogen (secondary N) is 2. The van der Waals surface area contributed by atoms with Crippen molar-refractivity contribution < 1.29 is 9.59 Å². The van der Waals surface area contributed by atoms with Crippen molar-refractivity contribution in [1.82, 2.24) is 10.3 Å². The fraction of sp³-hybridized carbons (Fsp3) is 0.190. The predicted molar refractivity (Wildman–Crippen MR) is 109 cm³/mol. The van der Waals surface area contributed by atoms with Crippen molar-refractivity contribution in [2.45, 2.75) is 26.3 Å². The maximum Gasteiger partial charge on any atom is 0.228 e. The number of carbonyl (C=O) groups is 2. The number of amides is 2. The second-order valence-corrected chi connectivity index (χ2v) is 7.18. The zero-order valence-electron chi connectivity index (χ0n) is 15.2. The molecule has 0 saturated carbocycles. The average Bonchev–Trinajstić information content (AvgIpc) is 3.10. The highest BCUT2D eigenvalue weighted by Gasteiger charge is 2.18. The summed E-state index contributed by atoms with van der Waals surface area (Å²) in [6, 6.07) is 17.2. The normalized spacial score (nSPS) is 11.6. The number of hydrogen-bond acceptors (Lipinski definition) is 4. The average molecular weight is 379 g/mol. The molecule has 0 bridgehead atoms. The molecule has 138 valence electrons. The summed E-state index contributed by atoms with van der Waals surface area (Å²) in [5, 5.41) is 8.14. The number of aromatic nitrogens is 1. The largest absolute Gasteiger partial charge is 0.349 e. The lowest BCUT2D eigenvalue weighted by Crippen LogP contribution is -2.29. The molecule has 1 unspecified atom stereocenters. The molecule has 0 aliphatic heterocycles. The van der Waals surface area contributed by atoms with Gasteiger partial charge in [-0.3, -0.25) is 9.59 Å². The molecule has 1 atom stereocenters. The van der Waals surface area contributed by atoms with Crippen LogP contribution in [0, 0.1) is 6.92 Å². The summed E-state index contributed by atoms with van der Waals surface area (Å²) in [4.78, 5) is 28.5. The molecule has 2 N–H and O–H groups in total. The molecule has 0 fully saturated rings. The Morgan fingerprint density at radius 1 is 1.07 bits per heavy atom. The Kier molecular flexibility index (Phi) is 5.98. The molecule has 2 aromatic carbocycles. The molecule has 3 rings (SSSR count). The lowest BCUT2D eigenvalue weighted by molar-refractivity contribution is -0.120. The molecule has 5 nitrogen and oxygen atoms in total. The SMILES string of the molecule is CC(=O)NC(CC(=O)Nc1nc(-c2ccccc2)cs1)c1ccc(C)cc1. The van der Waals surface area contributed by atoms with E-state index >= 15 is 0 Å². The number of anilines is 1. The molecule has 2 amide bonds. The van der Waals surface area contributed by atoms with Crippen LogP contribution in [0.5, 0.6) is 0 Å². The van der Waals surface area contributed by atoms with Crippen molar-refractivity contribution in [1.29, 1.82) is 0 Å². The second-order valence-electron chi connectivity index (χ2n) is 6.32. The van der Waals surface area contributed by atoms with Crippen molar-refractivity contribution >= 4 is 28.3 Å². The molecule has 3 aromatic rings. The first-order valence-corrected chi connectivity index (χ1v) is 9.53. The minimum absolute atomic E-state index is 0.142. The summed E-state index contributed by atoms with van der Waals surface area (Å²) >= 11 is 1.38. The maximum atomic E-state index is 12.5. The molecular weight excluding hydrogens is 358 g/mol. The first-order valence-electron chi connectivity index (χ1n) is 8.66. The van der Waals surface area contributed by atoms with Gasteiger partial charge in [-0.25, -0.2) is 4.98 Å². The Bertz CT molecular complexity index is 920. The van der Waals surface area contributed by atoms with E-state index in [-0.39, 0.29) is 24.3 Å². The molecule has 1 aromatic heterocycles. The van der Waals surface area contributed by atoms with Gasteiger partial charge in [0.2, 0.25) is 11.8 Å². The van der Waals surface area contributed by atoms with Crippen LogP contribution in [-0.4, -0.2) is 16.8 Å². The van der Waals surface area contributed by atoms with E-state index in [1.165, 1.54) is 18.3 Å². The van der Waals surface area contributed by atoms with Crippen LogP contribution in [0.2, 0.25) is 0 Å². The zero-order chi connectivity index (χ0) is 19.2. The van der Waals surface area contributed by atoms with E-state index in [1.54, 1.807) is 0 Å². The van der Waals surface area contributed by atoms with Crippen LogP contribution in [0.3, 0.4) is 0 Å². The Labute approximate surface area is 162 Å². The van der Waals surface area contributed by atoms with Gasteiger partial charge in [-0.15, -0.1) is 11.3 Å². The van der Waals surface area contributed by atoms with E-state index in [4.69, 9.17) is 0 Å². The maximum absolute atomic E-state index is 12.5. The minimum Gasteiger partial charge on any atom is -0.349 e. The lowest BCUT2D eigenvalue weighted by Gasteiger charge is -2.18. The molecule has 0 aliphatic carbocycles. The molecule has 1 heterocycles. The van der Waals surface area contributed by atoms with Gasteiger partial charge in [0, 0.05) is 17.9 Å². The molecule has 0 saturated heterocycles. The van der Waals surface area contributed by atoms with Gasteiger partial charge < -0.3 is 10.6 Å². The molecular formula is C21H21N3O2S. The summed E-state index contributed by atoms with van der Waals surface area (Å²) in [5.41, 5.74) is 3.86. The third-order valence-electron chi connectivity index (χ3n) is 4.07. The Hall–Kier alpha value is -2.99. The van der Waals surface area contributed by atoms with Crippen molar-refractivity contribution in [2.75, 3.05) is 5.32 Å². The highest BCUT2D eigenvalue weighted by Crippen LogP contribution is 2.25. The standard InChI is InChI=1S/C21H21N3O2S/c1-14-8-10-17(11-9-14)18(22-15(2)25)12-20(26)24-21-23-19(13-27-21)16-6-4-3-5-7-16/h3-11,13,18H,12H2,1-2H3,(H,22,25)(H,23,24,26). The zero-order valence-corrected chi connectivity index (χ0v) is 16.0. The molecule has 0 aliphatic rings. The number of hydrogen-bond donors (Lipinski definition) is 2. The smallest absolute Gasteiger partial charge is 0.228 e. The number of thiazole rings is 1. The van der Waals surface area contributed by atoms with Crippen LogP contribution < -0.4 is 10.6 Å². The van der Waals surface area contributed by atoms with Crippen molar-refractivity contribution in [3.8, 4) is 11.3 Å². The summed E-state index contributed by atoms with van der Waals surface area (Å²) < 4.78 is 0. The van der Waals surface area contributed by atoms with Crippen LogP contribution in [0.1, 0.15) is 30.5 Å². The van der Waals surface area contributed by atoms with Gasteiger partial charge in [0.05, 0.1) is 18.2 Å². The van der Waals surface area contributed by atoms with E-state index in [9.17, 15) is 9.59 Å². The molecule has 6 heteroatoms. The van der Waals surface area contributed by atoms with Gasteiger partial charge in [-0.05, 0) is 12.5 Å². The molecule has 0 radical (unpaired) electrons. The van der Waals surface area contributed by atoms with Crippen LogP contribution in [0.4, 0.5) is 5.13 Å². The predicted octanol–water partition coefficient (Wildman–Crippen LogP) is 4.32. The number of aryl methyl sites for hydroxylation is 1. The monoisotopic (exact) mass is 379 g/mol. The Morgan fingerprint density at radius 3 is 2.44 bits per heavy atom. The van der Waals surface area contributed by atoms with E-state index in [0.29, 0.717) is 5.13 Å². The third kappa shape index (κ3) is 5.24. The topological polar surface area (TPSA) is 71.1 Å². The number of benzene rings is 2. The molecule has 27 heavy (non-hydrogen) atoms. The first kappa shape index (κ1) is 18.8. The van der Waals surface area contributed by atoms with Crippen molar-refractivity contribution in [2.24, 2.45) is 0 Å². The van der Waals surface area contributed by atoms with E-state index < -0.39 is 0 Å². The minimum atomic E-state index is -0.378. The van der Waals surface area contributed by atoms with E-state index in [0.717, 1.165) is 22.4 Å². The van der Waals surface area contributed by atoms with E-state index in [2.05, 4.69) is 15.6 Å². The number of nitrogens with zero attached hydrogens (tertiary/aromatic N) is 1. The Balaban J connectivity index is 1.68. The quantitative estimate of drug-likeness (QED) is 0.670. The van der Waals surface area contributed by atoms with E-state index in [1.807, 2.05) is 66.9 Å². The summed E-state index contributed by atoms with van der Waals surface area (Å²) in [6.07, 6.45) is 0.142. The summed E-state index contributed by atoms with van der Waals surface area (Å²) in [5.74, 6) is -0.364. The highest BCUT2D eigenvalue weighted by molar-refractivity contribution is 7.14. The van der Waals surface area contributed by atoms with Crippen molar-refractivity contribution in [3.05, 3.63) is 71.1 Å². The third-order valence-corrected chi connectivity index (χ3v) is 4.82. The first-order chi connectivity index (χ1) is 13.0. The van der Waals surface area contributed by atoms with Crippen LogP contribution in [0.25, 0.3) is 11.3 Å². The van der Waals surface area contributed by atoms with Gasteiger partial charge in [0.1, 0.15) is 0 Å². The summed E-state index contributed by atoms with van der Waals surface area (Å²) in [6.45, 7) is 3.45. The van der Waals surface area contributed by atoms with Gasteiger partial charge in [0.15, 0.2) is 5.13 Å². The molecule has 0 spiro atoms. The van der Waals surface area contributed by atoms with Gasteiger partial charge >= 0.3 is 0 Å². The van der Waals surface area contributed by atoms with Crippen LogP contribution >= 0.6 is 11.3 Å². The lowest BCUT2D eigenvalue weighted by atomic mass is 10.0. The van der Waals surface area contributed by atoms with Crippen LogP contribution in [-0.2, 0) is 9.59 Å². The van der Waals surface area contributed by atoms with Gasteiger partial charge in [-0.2, -0.15) is 0 Å². The highest BCUT2D eigenvalue weighted by atomic mass is 32.1. The van der Waals surface area contributed by atoms with Gasteiger partial charge in [0.25, 0.3) is 0 Å².